The van der Waals surface area contributed by atoms with Crippen LogP contribution in [0, 0.1) is 25.5 Å². The largest absolute Gasteiger partial charge is 0.452 e. The average molecular weight is 347 g/mol. The first kappa shape index (κ1) is 18.6. The molecule has 0 aliphatic rings. The number of rotatable bonds is 5. The van der Waals surface area contributed by atoms with Crippen molar-refractivity contribution in [2.24, 2.45) is 0 Å². The highest BCUT2D eigenvalue weighted by atomic mass is 19.1. The van der Waals surface area contributed by atoms with Crippen molar-refractivity contribution in [3.8, 4) is 0 Å². The normalized spacial score (nSPS) is 11.7. The number of benzene rings is 2. The lowest BCUT2D eigenvalue weighted by Gasteiger charge is -2.16. The Labute approximate surface area is 144 Å². The van der Waals surface area contributed by atoms with Crippen molar-refractivity contribution in [2.75, 3.05) is 6.61 Å². The van der Waals surface area contributed by atoms with Crippen LogP contribution in [-0.2, 0) is 9.53 Å². The Balaban J connectivity index is 1.94. The molecule has 0 unspecified atom stereocenters. The second-order valence-electron chi connectivity index (χ2n) is 5.81. The van der Waals surface area contributed by atoms with Gasteiger partial charge in [0.05, 0.1) is 6.04 Å². The Morgan fingerprint density at radius 1 is 1.08 bits per heavy atom. The molecule has 0 spiro atoms. The van der Waals surface area contributed by atoms with E-state index in [1.54, 1.807) is 6.92 Å². The molecule has 0 saturated carbocycles. The summed E-state index contributed by atoms with van der Waals surface area (Å²) in [5, 5.41) is 2.68. The lowest BCUT2D eigenvalue weighted by atomic mass is 10.0. The van der Waals surface area contributed by atoms with Gasteiger partial charge in [-0.2, -0.15) is 0 Å². The third-order valence-electron chi connectivity index (χ3n) is 3.91. The molecule has 2 aromatic rings. The summed E-state index contributed by atoms with van der Waals surface area (Å²) in [6.07, 6.45) is 0. The van der Waals surface area contributed by atoms with Gasteiger partial charge in [0, 0.05) is 0 Å². The van der Waals surface area contributed by atoms with Gasteiger partial charge in [-0.3, -0.25) is 4.79 Å². The van der Waals surface area contributed by atoms with E-state index in [9.17, 15) is 18.4 Å². The summed E-state index contributed by atoms with van der Waals surface area (Å²) in [7, 11) is 0. The molecule has 0 saturated heterocycles. The number of nitrogens with one attached hydrogen (secondary N) is 1. The second-order valence-corrected chi connectivity index (χ2v) is 5.81. The summed E-state index contributed by atoms with van der Waals surface area (Å²) < 4.78 is 31.7. The molecule has 132 valence electrons. The van der Waals surface area contributed by atoms with E-state index in [-0.39, 0.29) is 6.04 Å². The van der Waals surface area contributed by atoms with Crippen LogP contribution in [0.1, 0.15) is 40.0 Å². The van der Waals surface area contributed by atoms with Gasteiger partial charge < -0.3 is 10.1 Å². The summed E-state index contributed by atoms with van der Waals surface area (Å²) in [5.41, 5.74) is 2.34. The van der Waals surface area contributed by atoms with Gasteiger partial charge in [0.1, 0.15) is 17.2 Å². The number of carbonyl (C=O) groups is 2. The molecule has 0 aliphatic heterocycles. The molecular formula is C19H19F2NO3. The Bertz CT molecular complexity index is 785. The van der Waals surface area contributed by atoms with E-state index in [1.165, 1.54) is 0 Å². The minimum Gasteiger partial charge on any atom is -0.452 e. The van der Waals surface area contributed by atoms with Crippen LogP contribution in [0.3, 0.4) is 0 Å². The van der Waals surface area contributed by atoms with Gasteiger partial charge in [0.15, 0.2) is 6.61 Å². The number of hydrogen-bond acceptors (Lipinski definition) is 3. The summed E-state index contributed by atoms with van der Waals surface area (Å²) in [6.45, 7) is 5.13. The van der Waals surface area contributed by atoms with Crippen LogP contribution in [0.25, 0.3) is 0 Å². The summed E-state index contributed by atoms with van der Waals surface area (Å²) in [6, 6.07) is 8.54. The van der Waals surface area contributed by atoms with Gasteiger partial charge in [-0.15, -0.1) is 0 Å². The van der Waals surface area contributed by atoms with Crippen molar-refractivity contribution in [1.82, 2.24) is 5.32 Å². The molecule has 1 atom stereocenters. The fraction of sp³-hybridized carbons (Fsp3) is 0.263. The fourth-order valence-electron chi connectivity index (χ4n) is 2.30. The topological polar surface area (TPSA) is 55.4 Å². The highest BCUT2D eigenvalue weighted by molar-refractivity contribution is 5.91. The van der Waals surface area contributed by atoms with E-state index in [4.69, 9.17) is 4.74 Å². The van der Waals surface area contributed by atoms with E-state index < -0.39 is 35.7 Å². The first-order valence-electron chi connectivity index (χ1n) is 7.77. The van der Waals surface area contributed by atoms with Gasteiger partial charge in [-0.05, 0) is 49.6 Å². The third kappa shape index (κ3) is 4.62. The van der Waals surface area contributed by atoms with Crippen molar-refractivity contribution in [1.29, 1.82) is 0 Å². The van der Waals surface area contributed by atoms with Crippen LogP contribution < -0.4 is 5.32 Å². The van der Waals surface area contributed by atoms with Crippen LogP contribution in [0.2, 0.25) is 0 Å². The van der Waals surface area contributed by atoms with E-state index in [1.807, 2.05) is 32.0 Å². The van der Waals surface area contributed by atoms with Crippen LogP contribution in [-0.4, -0.2) is 18.5 Å². The number of esters is 1. The smallest absolute Gasteiger partial charge is 0.344 e. The van der Waals surface area contributed by atoms with Gasteiger partial charge in [0.2, 0.25) is 0 Å². The zero-order valence-electron chi connectivity index (χ0n) is 14.2. The zero-order valence-corrected chi connectivity index (χ0v) is 14.2. The molecule has 6 heteroatoms. The highest BCUT2D eigenvalue weighted by Crippen LogP contribution is 2.17. The van der Waals surface area contributed by atoms with E-state index in [0.29, 0.717) is 0 Å². The minimum absolute atomic E-state index is 0.296. The monoisotopic (exact) mass is 347 g/mol. The quantitative estimate of drug-likeness (QED) is 0.841. The minimum atomic E-state index is -1.22. The van der Waals surface area contributed by atoms with Gasteiger partial charge in [-0.1, -0.05) is 24.3 Å². The molecule has 0 fully saturated rings. The predicted octanol–water partition coefficient (Wildman–Crippen LogP) is 3.62. The van der Waals surface area contributed by atoms with Gasteiger partial charge in [0.25, 0.3) is 5.91 Å². The molecule has 25 heavy (non-hydrogen) atoms. The second kappa shape index (κ2) is 7.88. The summed E-state index contributed by atoms with van der Waals surface area (Å²) in [5.74, 6) is -3.84. The number of hydrogen-bond donors (Lipinski definition) is 1. The number of ether oxygens (including phenoxy) is 1. The number of carbonyl (C=O) groups excluding carboxylic acids is 2. The molecule has 0 heterocycles. The Morgan fingerprint density at radius 3 is 2.32 bits per heavy atom. The van der Waals surface area contributed by atoms with Gasteiger partial charge >= 0.3 is 5.97 Å². The Morgan fingerprint density at radius 2 is 1.72 bits per heavy atom. The van der Waals surface area contributed by atoms with Crippen molar-refractivity contribution in [2.45, 2.75) is 26.8 Å². The number of amides is 1. The van der Waals surface area contributed by atoms with Gasteiger partial charge in [-0.25, -0.2) is 13.6 Å². The molecule has 1 N–H and O–H groups in total. The lowest BCUT2D eigenvalue weighted by molar-refractivity contribution is -0.124. The SMILES string of the molecule is Cc1ccc([C@@H](C)NC(=O)COC(=O)c2c(F)cccc2F)cc1C. The highest BCUT2D eigenvalue weighted by Gasteiger charge is 2.20. The Hall–Kier alpha value is -2.76. The van der Waals surface area contributed by atoms with Crippen molar-refractivity contribution in [3.05, 3.63) is 70.3 Å². The van der Waals surface area contributed by atoms with E-state index in [2.05, 4.69) is 5.32 Å². The molecule has 0 aliphatic carbocycles. The molecule has 1 amide bonds. The molecule has 0 bridgehead atoms. The fourth-order valence-corrected chi connectivity index (χ4v) is 2.30. The zero-order chi connectivity index (χ0) is 18.6. The molecule has 0 aromatic heterocycles. The maximum atomic E-state index is 13.5. The van der Waals surface area contributed by atoms with Crippen LogP contribution in [0.5, 0.6) is 0 Å². The van der Waals surface area contributed by atoms with Crippen LogP contribution in [0.4, 0.5) is 8.78 Å². The lowest BCUT2D eigenvalue weighted by Crippen LogP contribution is -2.31. The van der Waals surface area contributed by atoms with Crippen molar-refractivity contribution >= 4 is 11.9 Å². The van der Waals surface area contributed by atoms with E-state index >= 15 is 0 Å². The Kier molecular flexibility index (Phi) is 5.85. The van der Waals surface area contributed by atoms with Crippen LogP contribution in [0.15, 0.2) is 36.4 Å². The van der Waals surface area contributed by atoms with Crippen molar-refractivity contribution in [3.63, 3.8) is 0 Å². The maximum absolute atomic E-state index is 13.5. The van der Waals surface area contributed by atoms with Crippen LogP contribution >= 0.6 is 0 Å². The number of aryl methyl sites for hydroxylation is 2. The predicted molar refractivity (Wildman–Crippen MR) is 89.1 cm³/mol. The molecule has 4 nitrogen and oxygen atoms in total. The van der Waals surface area contributed by atoms with E-state index in [0.717, 1.165) is 34.9 Å². The standard InChI is InChI=1S/C19H19F2NO3/c1-11-7-8-14(9-12(11)2)13(3)22-17(23)10-25-19(24)18-15(20)5-4-6-16(18)21/h4-9,13H,10H2,1-3H3,(H,22,23)/t13-/m1/s1. The summed E-state index contributed by atoms with van der Waals surface area (Å²) >= 11 is 0. The third-order valence-corrected chi connectivity index (χ3v) is 3.91. The first-order valence-corrected chi connectivity index (χ1v) is 7.77. The number of halogens is 2. The maximum Gasteiger partial charge on any atom is 0.344 e. The molecule has 2 rings (SSSR count). The summed E-state index contributed by atoms with van der Waals surface area (Å²) in [4.78, 5) is 23.7. The molecule has 2 aromatic carbocycles. The first-order chi connectivity index (χ1) is 11.8. The average Bonchev–Trinajstić information content (AvgIpc) is 2.55. The molecular weight excluding hydrogens is 328 g/mol. The molecule has 0 radical (unpaired) electrons. The van der Waals surface area contributed by atoms with Crippen molar-refractivity contribution < 1.29 is 23.1 Å².